The zero-order chi connectivity index (χ0) is 16.2. The Kier molecular flexibility index (Phi) is 5.29. The molecule has 116 valence electrons. The highest BCUT2D eigenvalue weighted by atomic mass is 19.1. The third-order valence-corrected chi connectivity index (χ3v) is 3.47. The summed E-state index contributed by atoms with van der Waals surface area (Å²) in [7, 11) is 1.20. The van der Waals surface area contributed by atoms with E-state index in [1.54, 1.807) is 13.8 Å². The molecule has 0 saturated carbocycles. The van der Waals surface area contributed by atoms with Gasteiger partial charge < -0.3 is 15.2 Å². The minimum Gasteiger partial charge on any atom is -0.506 e. The van der Waals surface area contributed by atoms with E-state index in [9.17, 15) is 19.1 Å². The highest BCUT2D eigenvalue weighted by Crippen LogP contribution is 2.30. The number of carbonyl (C=O) groups excluding carboxylic acids is 2. The van der Waals surface area contributed by atoms with Gasteiger partial charge in [-0.3, -0.25) is 9.59 Å². The Hall–Kier alpha value is -2.11. The van der Waals surface area contributed by atoms with Crippen LogP contribution in [-0.4, -0.2) is 24.1 Å². The van der Waals surface area contributed by atoms with Crippen molar-refractivity contribution in [2.45, 2.75) is 33.6 Å². The average molecular weight is 297 g/mol. The summed E-state index contributed by atoms with van der Waals surface area (Å²) in [5.74, 6) is -2.02. The number of hydrogen-bond donors (Lipinski definition) is 2. The van der Waals surface area contributed by atoms with Gasteiger partial charge in [0.15, 0.2) is 0 Å². The summed E-state index contributed by atoms with van der Waals surface area (Å²) in [5.41, 5.74) is -0.505. The van der Waals surface area contributed by atoms with Gasteiger partial charge in [0.25, 0.3) is 0 Å². The molecule has 0 atom stereocenters. The summed E-state index contributed by atoms with van der Waals surface area (Å²) >= 11 is 0. The number of aromatic hydroxyl groups is 1. The topological polar surface area (TPSA) is 75.6 Å². The second-order valence-corrected chi connectivity index (χ2v) is 5.41. The highest BCUT2D eigenvalue weighted by molar-refractivity contribution is 5.96. The molecule has 1 aromatic carbocycles. The molecule has 2 N–H and O–H groups in total. The van der Waals surface area contributed by atoms with Crippen LogP contribution < -0.4 is 5.32 Å². The van der Waals surface area contributed by atoms with Gasteiger partial charge >= 0.3 is 5.97 Å². The predicted molar refractivity (Wildman–Crippen MR) is 76.5 cm³/mol. The molecule has 0 saturated heterocycles. The van der Waals surface area contributed by atoms with Gasteiger partial charge in [0.05, 0.1) is 19.2 Å². The van der Waals surface area contributed by atoms with Crippen LogP contribution in [0.3, 0.4) is 0 Å². The van der Waals surface area contributed by atoms with Gasteiger partial charge in [0.1, 0.15) is 11.6 Å². The van der Waals surface area contributed by atoms with Crippen LogP contribution in [0.25, 0.3) is 0 Å². The first kappa shape index (κ1) is 16.9. The standard InChI is InChI=1S/C15H20FNO4/c1-5-15(2,3)14(20)17-11-6-9(7-13(19)21-4)10(16)8-12(11)18/h6,8,18H,5,7H2,1-4H3,(H,17,20). The number of methoxy groups -OCH3 is 1. The van der Waals surface area contributed by atoms with Crippen molar-refractivity contribution < 1.29 is 23.8 Å². The first-order valence-corrected chi connectivity index (χ1v) is 6.61. The van der Waals surface area contributed by atoms with Crippen molar-refractivity contribution in [2.75, 3.05) is 12.4 Å². The molecule has 1 amide bonds. The Labute approximate surface area is 123 Å². The lowest BCUT2D eigenvalue weighted by Gasteiger charge is -2.22. The van der Waals surface area contributed by atoms with Gasteiger partial charge in [-0.05, 0) is 12.5 Å². The van der Waals surface area contributed by atoms with Crippen LogP contribution in [0.15, 0.2) is 12.1 Å². The summed E-state index contributed by atoms with van der Waals surface area (Å²) in [6.45, 7) is 5.39. The number of anilines is 1. The van der Waals surface area contributed by atoms with Crippen LogP contribution in [0.1, 0.15) is 32.8 Å². The molecule has 0 aliphatic carbocycles. The van der Waals surface area contributed by atoms with Gasteiger partial charge in [0.2, 0.25) is 5.91 Å². The van der Waals surface area contributed by atoms with Crippen LogP contribution in [0.2, 0.25) is 0 Å². The molecule has 1 rings (SSSR count). The number of esters is 1. The number of rotatable bonds is 5. The van der Waals surface area contributed by atoms with Crippen molar-refractivity contribution in [1.82, 2.24) is 0 Å². The molecule has 0 bridgehead atoms. The van der Waals surface area contributed by atoms with Gasteiger partial charge in [-0.2, -0.15) is 0 Å². The van der Waals surface area contributed by atoms with E-state index in [0.29, 0.717) is 6.42 Å². The van der Waals surface area contributed by atoms with Gasteiger partial charge in [0, 0.05) is 17.0 Å². The number of hydrogen-bond acceptors (Lipinski definition) is 4. The molecule has 21 heavy (non-hydrogen) atoms. The van der Waals surface area contributed by atoms with E-state index in [1.807, 2.05) is 6.92 Å². The molecular formula is C15H20FNO4. The highest BCUT2D eigenvalue weighted by Gasteiger charge is 2.26. The first-order valence-electron chi connectivity index (χ1n) is 6.61. The Morgan fingerprint density at radius 2 is 2.00 bits per heavy atom. The maximum absolute atomic E-state index is 13.7. The van der Waals surface area contributed by atoms with Crippen LogP contribution >= 0.6 is 0 Å². The van der Waals surface area contributed by atoms with Crippen LogP contribution in [0.5, 0.6) is 5.75 Å². The fourth-order valence-corrected chi connectivity index (χ4v) is 1.52. The van der Waals surface area contributed by atoms with Crippen molar-refractivity contribution in [3.8, 4) is 5.75 Å². The second kappa shape index (κ2) is 6.56. The second-order valence-electron chi connectivity index (χ2n) is 5.41. The van der Waals surface area contributed by atoms with Crippen molar-refractivity contribution in [3.05, 3.63) is 23.5 Å². The third-order valence-electron chi connectivity index (χ3n) is 3.47. The third kappa shape index (κ3) is 4.18. The molecule has 0 fully saturated rings. The molecule has 0 radical (unpaired) electrons. The van der Waals surface area contributed by atoms with E-state index in [2.05, 4.69) is 10.1 Å². The number of phenols is 1. The smallest absolute Gasteiger partial charge is 0.310 e. The van der Waals surface area contributed by atoms with E-state index in [-0.39, 0.29) is 29.3 Å². The van der Waals surface area contributed by atoms with E-state index in [4.69, 9.17) is 0 Å². The minimum absolute atomic E-state index is 0.0456. The average Bonchev–Trinajstić information content (AvgIpc) is 2.43. The molecular weight excluding hydrogens is 277 g/mol. The Balaban J connectivity index is 3.05. The van der Waals surface area contributed by atoms with Gasteiger partial charge in [-0.1, -0.05) is 20.8 Å². The van der Waals surface area contributed by atoms with E-state index >= 15 is 0 Å². The Morgan fingerprint density at radius 1 is 1.38 bits per heavy atom. The molecule has 0 heterocycles. The quantitative estimate of drug-likeness (QED) is 0.647. The molecule has 0 aliphatic heterocycles. The molecule has 5 nitrogen and oxygen atoms in total. The predicted octanol–water partition coefficient (Wildman–Crippen LogP) is 2.62. The number of nitrogens with one attached hydrogen (secondary N) is 1. The largest absolute Gasteiger partial charge is 0.506 e. The number of halogens is 1. The number of carbonyl (C=O) groups is 2. The Bertz CT molecular complexity index is 555. The molecule has 0 aliphatic rings. The number of amides is 1. The first-order chi connectivity index (χ1) is 9.71. The summed E-state index contributed by atoms with van der Waals surface area (Å²) in [6.07, 6.45) is 0.332. The lowest BCUT2D eigenvalue weighted by molar-refractivity contribution is -0.139. The van der Waals surface area contributed by atoms with Gasteiger partial charge in [-0.25, -0.2) is 4.39 Å². The number of phenolic OH excluding ortho intramolecular Hbond substituents is 1. The molecule has 6 heteroatoms. The zero-order valence-electron chi connectivity index (χ0n) is 12.6. The Morgan fingerprint density at radius 3 is 2.52 bits per heavy atom. The monoisotopic (exact) mass is 297 g/mol. The van der Waals surface area contributed by atoms with Crippen molar-refractivity contribution in [1.29, 1.82) is 0 Å². The summed E-state index contributed by atoms with van der Waals surface area (Å²) in [4.78, 5) is 23.3. The summed E-state index contributed by atoms with van der Waals surface area (Å²) in [5, 5.41) is 12.3. The zero-order valence-corrected chi connectivity index (χ0v) is 12.6. The summed E-state index contributed by atoms with van der Waals surface area (Å²) in [6, 6.07) is 2.11. The maximum atomic E-state index is 13.7. The lowest BCUT2D eigenvalue weighted by atomic mass is 9.89. The van der Waals surface area contributed by atoms with Crippen molar-refractivity contribution in [2.24, 2.45) is 5.41 Å². The van der Waals surface area contributed by atoms with E-state index in [0.717, 1.165) is 6.07 Å². The van der Waals surface area contributed by atoms with Gasteiger partial charge in [-0.15, -0.1) is 0 Å². The fourth-order valence-electron chi connectivity index (χ4n) is 1.52. The molecule has 1 aromatic rings. The SMILES string of the molecule is CCC(C)(C)C(=O)Nc1cc(CC(=O)OC)c(F)cc1O. The maximum Gasteiger partial charge on any atom is 0.310 e. The van der Waals surface area contributed by atoms with Crippen LogP contribution in [-0.2, 0) is 20.7 Å². The van der Waals surface area contributed by atoms with E-state index in [1.165, 1.54) is 13.2 Å². The number of ether oxygens (including phenoxy) is 1. The van der Waals surface area contributed by atoms with Crippen LogP contribution in [0, 0.1) is 11.2 Å². The molecule has 0 aromatic heterocycles. The van der Waals surface area contributed by atoms with Crippen LogP contribution in [0.4, 0.5) is 10.1 Å². The summed E-state index contributed by atoms with van der Waals surface area (Å²) < 4.78 is 18.2. The lowest BCUT2D eigenvalue weighted by Crippen LogP contribution is -2.30. The minimum atomic E-state index is -0.731. The fraction of sp³-hybridized carbons (Fsp3) is 0.467. The van der Waals surface area contributed by atoms with Crippen molar-refractivity contribution >= 4 is 17.6 Å². The molecule has 0 unspecified atom stereocenters. The normalized spacial score (nSPS) is 11.1. The number of benzene rings is 1. The van der Waals surface area contributed by atoms with Crippen molar-refractivity contribution in [3.63, 3.8) is 0 Å². The van der Waals surface area contributed by atoms with E-state index < -0.39 is 17.2 Å². The molecule has 0 spiro atoms.